The van der Waals surface area contributed by atoms with Crippen molar-refractivity contribution in [3.63, 3.8) is 0 Å². The number of nitrogens with zero attached hydrogens (tertiary/aromatic N) is 6. The fraction of sp³-hybridized carbons (Fsp3) is 0.294. The number of hydrogen-bond acceptors (Lipinski definition) is 6. The van der Waals surface area contributed by atoms with Gasteiger partial charge in [0.1, 0.15) is 0 Å². The molecule has 3 aromatic rings. The van der Waals surface area contributed by atoms with E-state index in [1.54, 1.807) is 29.3 Å². The SMILES string of the molecule is Cc1ccnc2nc(C(=O)N3CCc4cc(S(=O)(=O)N(C)C)ccc43)nn12. The minimum Gasteiger partial charge on any atom is -0.305 e. The van der Waals surface area contributed by atoms with Gasteiger partial charge in [-0.25, -0.2) is 22.2 Å². The van der Waals surface area contributed by atoms with Crippen LogP contribution in [0.1, 0.15) is 21.9 Å². The van der Waals surface area contributed by atoms with Gasteiger partial charge in [0.25, 0.3) is 11.7 Å². The summed E-state index contributed by atoms with van der Waals surface area (Å²) in [6.45, 7) is 2.30. The van der Waals surface area contributed by atoms with Gasteiger partial charge in [-0.2, -0.15) is 4.98 Å². The van der Waals surface area contributed by atoms with Crippen molar-refractivity contribution in [1.82, 2.24) is 23.9 Å². The van der Waals surface area contributed by atoms with E-state index in [1.807, 2.05) is 6.92 Å². The van der Waals surface area contributed by atoms with Crippen LogP contribution in [-0.4, -0.2) is 58.9 Å². The number of aryl methyl sites for hydroxylation is 1. The highest BCUT2D eigenvalue weighted by Crippen LogP contribution is 2.31. The molecule has 0 N–H and O–H groups in total. The zero-order valence-electron chi connectivity index (χ0n) is 15.1. The molecule has 0 unspecified atom stereocenters. The largest absolute Gasteiger partial charge is 0.305 e. The molecule has 1 aromatic carbocycles. The number of benzene rings is 1. The summed E-state index contributed by atoms with van der Waals surface area (Å²) in [6, 6.07) is 6.59. The van der Waals surface area contributed by atoms with Crippen LogP contribution in [-0.2, 0) is 16.4 Å². The Labute approximate surface area is 156 Å². The maximum absolute atomic E-state index is 12.9. The van der Waals surface area contributed by atoms with Gasteiger partial charge < -0.3 is 4.90 Å². The van der Waals surface area contributed by atoms with E-state index in [0.29, 0.717) is 24.4 Å². The van der Waals surface area contributed by atoms with Gasteiger partial charge in [0, 0.05) is 38.2 Å². The molecule has 0 bridgehead atoms. The number of amides is 1. The maximum atomic E-state index is 12.9. The molecule has 140 valence electrons. The van der Waals surface area contributed by atoms with Crippen molar-refractivity contribution >= 4 is 27.4 Å². The van der Waals surface area contributed by atoms with Crippen molar-refractivity contribution in [3.8, 4) is 0 Å². The van der Waals surface area contributed by atoms with Crippen molar-refractivity contribution in [1.29, 1.82) is 0 Å². The molecule has 0 saturated heterocycles. The predicted molar refractivity (Wildman–Crippen MR) is 98.2 cm³/mol. The third-order valence-electron chi connectivity index (χ3n) is 4.59. The van der Waals surface area contributed by atoms with E-state index >= 15 is 0 Å². The van der Waals surface area contributed by atoms with Gasteiger partial charge >= 0.3 is 0 Å². The first-order valence-corrected chi connectivity index (χ1v) is 9.79. The van der Waals surface area contributed by atoms with Gasteiger partial charge in [-0.1, -0.05) is 0 Å². The topological polar surface area (TPSA) is 101 Å². The van der Waals surface area contributed by atoms with E-state index in [0.717, 1.165) is 11.3 Å². The van der Waals surface area contributed by atoms with Crippen molar-refractivity contribution in [2.24, 2.45) is 0 Å². The predicted octanol–water partition coefficient (Wildman–Crippen LogP) is 0.886. The lowest BCUT2D eigenvalue weighted by molar-refractivity contribution is 0.0979. The Morgan fingerprint density at radius 3 is 2.70 bits per heavy atom. The second-order valence-electron chi connectivity index (χ2n) is 6.52. The normalized spacial score (nSPS) is 14.1. The number of rotatable bonds is 3. The van der Waals surface area contributed by atoms with E-state index in [9.17, 15) is 13.2 Å². The van der Waals surface area contributed by atoms with Crippen LogP contribution in [0, 0.1) is 6.92 Å². The van der Waals surface area contributed by atoms with Crippen LogP contribution in [0.25, 0.3) is 5.78 Å². The van der Waals surface area contributed by atoms with Crippen LogP contribution in [0.15, 0.2) is 35.4 Å². The Kier molecular flexibility index (Phi) is 3.97. The molecule has 4 rings (SSSR count). The van der Waals surface area contributed by atoms with E-state index in [-0.39, 0.29) is 16.6 Å². The number of aromatic nitrogens is 4. The van der Waals surface area contributed by atoms with Crippen molar-refractivity contribution < 1.29 is 13.2 Å². The Morgan fingerprint density at radius 1 is 1.22 bits per heavy atom. The van der Waals surface area contributed by atoms with Crippen molar-refractivity contribution in [2.45, 2.75) is 18.2 Å². The van der Waals surface area contributed by atoms with Crippen molar-refractivity contribution in [3.05, 3.63) is 47.5 Å². The molecule has 0 spiro atoms. The Balaban J connectivity index is 1.69. The standard InChI is InChI=1S/C17H18N6O3S/c1-11-6-8-18-17-19-15(20-23(11)17)16(24)22-9-7-12-10-13(4-5-14(12)22)27(25,26)21(2)3/h4-6,8,10H,7,9H2,1-3H3. The monoisotopic (exact) mass is 386 g/mol. The van der Waals surface area contributed by atoms with Gasteiger partial charge in [0.05, 0.1) is 4.90 Å². The molecule has 10 heteroatoms. The molecule has 0 radical (unpaired) electrons. The highest BCUT2D eigenvalue weighted by atomic mass is 32.2. The molecule has 3 heterocycles. The van der Waals surface area contributed by atoms with E-state index in [4.69, 9.17) is 0 Å². The van der Waals surface area contributed by atoms with Gasteiger partial charge in [-0.15, -0.1) is 5.10 Å². The van der Waals surface area contributed by atoms with Crippen LogP contribution in [0.5, 0.6) is 0 Å². The lowest BCUT2D eigenvalue weighted by atomic mass is 10.2. The molecule has 0 saturated carbocycles. The number of fused-ring (bicyclic) bond motifs is 2. The molecule has 0 atom stereocenters. The van der Waals surface area contributed by atoms with Gasteiger partial charge in [-0.3, -0.25) is 4.79 Å². The molecular formula is C17H18N6O3S. The average molecular weight is 386 g/mol. The quantitative estimate of drug-likeness (QED) is 0.663. The minimum atomic E-state index is -3.52. The summed E-state index contributed by atoms with van der Waals surface area (Å²) < 4.78 is 27.3. The number of anilines is 1. The lowest BCUT2D eigenvalue weighted by Gasteiger charge is -2.16. The van der Waals surface area contributed by atoms with Crippen LogP contribution in [0.2, 0.25) is 0 Å². The van der Waals surface area contributed by atoms with Crippen LogP contribution in [0.3, 0.4) is 0 Å². The summed E-state index contributed by atoms with van der Waals surface area (Å²) in [7, 11) is -0.538. The number of hydrogen-bond donors (Lipinski definition) is 0. The van der Waals surface area contributed by atoms with Gasteiger partial charge in [0.15, 0.2) is 0 Å². The molecule has 27 heavy (non-hydrogen) atoms. The molecule has 0 aliphatic carbocycles. The second-order valence-corrected chi connectivity index (χ2v) is 8.67. The van der Waals surface area contributed by atoms with Gasteiger partial charge in [0.2, 0.25) is 15.8 Å². The number of sulfonamides is 1. The zero-order valence-corrected chi connectivity index (χ0v) is 15.9. The molecule has 0 fully saturated rings. The first-order chi connectivity index (χ1) is 12.8. The molecule has 1 aliphatic rings. The Morgan fingerprint density at radius 2 is 2.00 bits per heavy atom. The number of carbonyl (C=O) groups is 1. The smallest absolute Gasteiger partial charge is 0.298 e. The van der Waals surface area contributed by atoms with Crippen LogP contribution < -0.4 is 4.90 Å². The van der Waals surface area contributed by atoms with Gasteiger partial charge in [-0.05, 0) is 43.2 Å². The maximum Gasteiger partial charge on any atom is 0.298 e. The lowest BCUT2D eigenvalue weighted by Crippen LogP contribution is -2.30. The third kappa shape index (κ3) is 2.77. The fourth-order valence-corrected chi connectivity index (χ4v) is 4.03. The molecular weight excluding hydrogens is 368 g/mol. The van der Waals surface area contributed by atoms with Crippen LogP contribution >= 0.6 is 0 Å². The van der Waals surface area contributed by atoms with E-state index in [2.05, 4.69) is 15.1 Å². The molecule has 1 aliphatic heterocycles. The molecule has 2 aromatic heterocycles. The Bertz CT molecular complexity index is 1170. The summed E-state index contributed by atoms with van der Waals surface area (Å²) >= 11 is 0. The summed E-state index contributed by atoms with van der Waals surface area (Å²) in [5.41, 5.74) is 2.32. The average Bonchev–Trinajstić information content (AvgIpc) is 3.25. The minimum absolute atomic E-state index is 0.0645. The first kappa shape index (κ1) is 17.6. The molecule has 1 amide bonds. The Hall–Kier alpha value is -2.85. The highest BCUT2D eigenvalue weighted by molar-refractivity contribution is 7.89. The summed E-state index contributed by atoms with van der Waals surface area (Å²) in [5, 5.41) is 4.26. The van der Waals surface area contributed by atoms with Crippen molar-refractivity contribution in [2.75, 3.05) is 25.5 Å². The van der Waals surface area contributed by atoms with E-state index in [1.165, 1.54) is 29.0 Å². The summed E-state index contributed by atoms with van der Waals surface area (Å²) in [6.07, 6.45) is 2.19. The van der Waals surface area contributed by atoms with E-state index < -0.39 is 10.0 Å². The second kappa shape index (κ2) is 6.10. The highest BCUT2D eigenvalue weighted by Gasteiger charge is 2.30. The fourth-order valence-electron chi connectivity index (χ4n) is 3.08. The zero-order chi connectivity index (χ0) is 19.3. The molecule has 9 nitrogen and oxygen atoms in total. The van der Waals surface area contributed by atoms with Crippen LogP contribution in [0.4, 0.5) is 5.69 Å². The first-order valence-electron chi connectivity index (χ1n) is 8.35. The third-order valence-corrected chi connectivity index (χ3v) is 6.40. The summed E-state index contributed by atoms with van der Waals surface area (Å²) in [5.74, 6) is 0.0988. The summed E-state index contributed by atoms with van der Waals surface area (Å²) in [4.78, 5) is 23.0. The number of carbonyl (C=O) groups excluding carboxylic acids is 1.